The van der Waals surface area contributed by atoms with E-state index < -0.39 is 0 Å². The van der Waals surface area contributed by atoms with Crippen LogP contribution in [-0.4, -0.2) is 79.1 Å². The Morgan fingerprint density at radius 1 is 0.750 bits per heavy atom. The van der Waals surface area contributed by atoms with Crippen LogP contribution in [0.4, 0.5) is 11.5 Å². The Morgan fingerprint density at radius 2 is 1.47 bits per heavy atom. The molecule has 3 aromatic rings. The minimum Gasteiger partial charge on any atom is -0.368 e. The highest BCUT2D eigenvalue weighted by atomic mass is 16.2. The van der Waals surface area contributed by atoms with Crippen LogP contribution in [-0.2, 0) is 0 Å². The van der Waals surface area contributed by atoms with Gasteiger partial charge in [0, 0.05) is 81.2 Å². The summed E-state index contributed by atoms with van der Waals surface area (Å²) >= 11 is 0. The van der Waals surface area contributed by atoms with Crippen molar-refractivity contribution >= 4 is 28.2 Å². The van der Waals surface area contributed by atoms with Crippen molar-refractivity contribution in [3.63, 3.8) is 0 Å². The third-order valence-electron chi connectivity index (χ3n) is 8.39. The van der Waals surface area contributed by atoms with E-state index in [1.54, 1.807) is 0 Å². The fourth-order valence-electron chi connectivity index (χ4n) is 6.27. The first-order valence-corrected chi connectivity index (χ1v) is 13.7. The normalized spacial score (nSPS) is 20.2. The number of aromatic nitrogens is 1. The minimum absolute atomic E-state index is 0.156. The molecule has 2 aromatic carbocycles. The summed E-state index contributed by atoms with van der Waals surface area (Å²) in [7, 11) is 0. The largest absolute Gasteiger partial charge is 0.368 e. The average molecular weight is 484 g/mol. The summed E-state index contributed by atoms with van der Waals surface area (Å²) in [4.78, 5) is 27.7. The summed E-state index contributed by atoms with van der Waals surface area (Å²) in [6, 6.07) is 19.6. The molecule has 1 aliphatic carbocycles. The maximum absolute atomic E-state index is 13.5. The van der Waals surface area contributed by atoms with Crippen LogP contribution in [0.15, 0.2) is 60.8 Å². The summed E-state index contributed by atoms with van der Waals surface area (Å²) in [5.74, 6) is 1.15. The van der Waals surface area contributed by atoms with Gasteiger partial charge < -0.3 is 14.7 Å². The van der Waals surface area contributed by atoms with Gasteiger partial charge in [0.05, 0.1) is 0 Å². The number of rotatable bonds is 4. The molecule has 1 saturated carbocycles. The van der Waals surface area contributed by atoms with Gasteiger partial charge in [0.1, 0.15) is 5.82 Å². The van der Waals surface area contributed by atoms with Gasteiger partial charge in [0.25, 0.3) is 5.91 Å². The van der Waals surface area contributed by atoms with Gasteiger partial charge in [-0.25, -0.2) is 4.98 Å². The molecule has 0 atom stereocenters. The number of hydrogen-bond donors (Lipinski definition) is 0. The monoisotopic (exact) mass is 483 g/mol. The lowest BCUT2D eigenvalue weighted by molar-refractivity contribution is 0.0523. The molecule has 6 heteroatoms. The Bertz CT molecular complexity index is 1180. The number of fused-ring (bicyclic) bond motifs is 1. The number of benzene rings is 2. The van der Waals surface area contributed by atoms with E-state index in [-0.39, 0.29) is 5.91 Å². The summed E-state index contributed by atoms with van der Waals surface area (Å²) < 4.78 is 0. The molecule has 6 nitrogen and oxygen atoms in total. The predicted molar refractivity (Wildman–Crippen MR) is 147 cm³/mol. The van der Waals surface area contributed by atoms with Crippen molar-refractivity contribution in [2.24, 2.45) is 0 Å². The van der Waals surface area contributed by atoms with E-state index in [0.29, 0.717) is 0 Å². The molecule has 1 amide bonds. The molecule has 0 bridgehead atoms. The summed E-state index contributed by atoms with van der Waals surface area (Å²) in [6.07, 6.45) is 8.66. The predicted octanol–water partition coefficient (Wildman–Crippen LogP) is 4.65. The van der Waals surface area contributed by atoms with Crippen LogP contribution in [0.1, 0.15) is 42.5 Å². The summed E-state index contributed by atoms with van der Waals surface area (Å²) in [6.45, 7) is 7.43. The van der Waals surface area contributed by atoms with E-state index in [9.17, 15) is 4.79 Å². The van der Waals surface area contributed by atoms with E-state index in [1.807, 2.05) is 12.3 Å². The highest BCUT2D eigenvalue weighted by Gasteiger charge is 2.28. The summed E-state index contributed by atoms with van der Waals surface area (Å²) in [5, 5.41) is 2.22. The van der Waals surface area contributed by atoms with E-state index in [1.165, 1.54) is 37.8 Å². The number of amides is 1. The molecule has 0 unspecified atom stereocenters. The van der Waals surface area contributed by atoms with Gasteiger partial charge in [-0.1, -0.05) is 43.5 Å². The topological polar surface area (TPSA) is 42.9 Å². The van der Waals surface area contributed by atoms with Crippen molar-refractivity contribution in [3.8, 4) is 0 Å². The fraction of sp³-hybridized carbons (Fsp3) is 0.467. The van der Waals surface area contributed by atoms with Gasteiger partial charge in [-0.15, -0.1) is 0 Å². The fourth-order valence-corrected chi connectivity index (χ4v) is 6.27. The molecule has 3 fully saturated rings. The zero-order valence-corrected chi connectivity index (χ0v) is 21.2. The number of anilines is 2. The van der Waals surface area contributed by atoms with Crippen molar-refractivity contribution in [2.75, 3.05) is 62.2 Å². The van der Waals surface area contributed by atoms with E-state index >= 15 is 0 Å². The molecule has 2 saturated heterocycles. The standard InChI is InChI=1S/C30H37N5O/c36-30(35-21-17-33(18-22-35)27-9-5-2-6-10-27)25-12-11-24-13-14-31-29(28(24)23-25)34-19-15-32(16-20-34)26-7-3-1-4-8-26/h1,3-4,7-8,11-14,23,27H,2,5-6,9-10,15-22H2. The first kappa shape index (κ1) is 23.3. The minimum atomic E-state index is 0.156. The zero-order valence-electron chi connectivity index (χ0n) is 21.2. The van der Waals surface area contributed by atoms with Gasteiger partial charge in [0.2, 0.25) is 0 Å². The first-order chi connectivity index (χ1) is 17.8. The third kappa shape index (κ3) is 4.79. The highest BCUT2D eigenvalue weighted by molar-refractivity contribution is 6.01. The van der Waals surface area contributed by atoms with Crippen molar-refractivity contribution < 1.29 is 4.79 Å². The average Bonchev–Trinajstić information content (AvgIpc) is 2.97. The van der Waals surface area contributed by atoms with Crippen LogP contribution < -0.4 is 9.80 Å². The van der Waals surface area contributed by atoms with Crippen molar-refractivity contribution in [3.05, 3.63) is 66.4 Å². The molecule has 2 aliphatic heterocycles. The van der Waals surface area contributed by atoms with Gasteiger partial charge in [0.15, 0.2) is 0 Å². The quantitative estimate of drug-likeness (QED) is 0.540. The molecule has 36 heavy (non-hydrogen) atoms. The summed E-state index contributed by atoms with van der Waals surface area (Å²) in [5.41, 5.74) is 2.06. The first-order valence-electron chi connectivity index (χ1n) is 13.7. The molecule has 3 aliphatic rings. The van der Waals surface area contributed by atoms with Crippen molar-refractivity contribution in [2.45, 2.75) is 38.1 Å². The second-order valence-electron chi connectivity index (χ2n) is 10.5. The lowest BCUT2D eigenvalue weighted by Gasteiger charge is -2.40. The Morgan fingerprint density at radius 3 is 2.22 bits per heavy atom. The maximum atomic E-state index is 13.5. The number of carbonyl (C=O) groups is 1. The van der Waals surface area contributed by atoms with Crippen molar-refractivity contribution in [1.29, 1.82) is 0 Å². The van der Waals surface area contributed by atoms with E-state index in [2.05, 4.69) is 68.1 Å². The number of pyridine rings is 1. The van der Waals surface area contributed by atoms with Crippen molar-refractivity contribution in [1.82, 2.24) is 14.8 Å². The zero-order chi connectivity index (χ0) is 24.3. The molecule has 3 heterocycles. The van der Waals surface area contributed by atoms with Crippen LogP contribution in [0.2, 0.25) is 0 Å². The van der Waals surface area contributed by atoms with Crippen LogP contribution in [0.25, 0.3) is 10.8 Å². The SMILES string of the molecule is O=C(c1ccc2ccnc(N3CCN(c4ccccc4)CC3)c2c1)N1CCN(C2CCCCC2)CC1. The number of hydrogen-bond acceptors (Lipinski definition) is 5. The molecule has 0 spiro atoms. The Balaban J connectivity index is 1.15. The number of nitrogens with zero attached hydrogens (tertiary/aromatic N) is 5. The smallest absolute Gasteiger partial charge is 0.253 e. The van der Waals surface area contributed by atoms with Gasteiger partial charge in [-0.05, 0) is 48.6 Å². The lowest BCUT2D eigenvalue weighted by Crippen LogP contribution is -2.52. The number of para-hydroxylation sites is 1. The second kappa shape index (κ2) is 10.5. The molecule has 6 rings (SSSR count). The van der Waals surface area contributed by atoms with Gasteiger partial charge >= 0.3 is 0 Å². The number of carbonyl (C=O) groups excluding carboxylic acids is 1. The number of piperazine rings is 2. The van der Waals surface area contributed by atoms with E-state index in [4.69, 9.17) is 4.98 Å². The van der Waals surface area contributed by atoms with Crippen LogP contribution in [0.3, 0.4) is 0 Å². The highest BCUT2D eigenvalue weighted by Crippen LogP contribution is 2.28. The molecule has 0 radical (unpaired) electrons. The Labute approximate surface area is 214 Å². The molecule has 1 aromatic heterocycles. The maximum Gasteiger partial charge on any atom is 0.253 e. The molecule has 188 valence electrons. The van der Waals surface area contributed by atoms with E-state index in [0.717, 1.165) is 80.6 Å². The van der Waals surface area contributed by atoms with Crippen LogP contribution in [0.5, 0.6) is 0 Å². The Kier molecular flexibility index (Phi) is 6.77. The molecular weight excluding hydrogens is 446 g/mol. The lowest BCUT2D eigenvalue weighted by atomic mass is 9.94. The Hall–Kier alpha value is -3.12. The third-order valence-corrected chi connectivity index (χ3v) is 8.39. The molecule has 0 N–H and O–H groups in total. The van der Waals surface area contributed by atoms with Crippen LogP contribution in [0, 0.1) is 0 Å². The second-order valence-corrected chi connectivity index (χ2v) is 10.5. The van der Waals surface area contributed by atoms with Crippen LogP contribution >= 0.6 is 0 Å². The van der Waals surface area contributed by atoms with Gasteiger partial charge in [-0.2, -0.15) is 0 Å². The molecular formula is C30H37N5O. The van der Waals surface area contributed by atoms with Gasteiger partial charge in [-0.3, -0.25) is 9.69 Å².